The summed E-state index contributed by atoms with van der Waals surface area (Å²) in [5.41, 5.74) is 0. The van der Waals surface area contributed by atoms with Gasteiger partial charge in [-0.05, 0) is 38.1 Å². The van der Waals surface area contributed by atoms with Gasteiger partial charge >= 0.3 is 0 Å². The predicted molar refractivity (Wildman–Crippen MR) is 94.0 cm³/mol. The first-order valence-corrected chi connectivity index (χ1v) is 9.44. The maximum absolute atomic E-state index is 12.2. The van der Waals surface area contributed by atoms with E-state index in [9.17, 15) is 9.59 Å². The van der Waals surface area contributed by atoms with Crippen molar-refractivity contribution in [2.24, 2.45) is 0 Å². The fourth-order valence-corrected chi connectivity index (χ4v) is 3.61. The predicted octanol–water partition coefficient (Wildman–Crippen LogP) is -0.0472. The van der Waals surface area contributed by atoms with Crippen molar-refractivity contribution in [2.45, 2.75) is 45.4 Å². The zero-order valence-electron chi connectivity index (χ0n) is 14.5. The third-order valence-corrected chi connectivity index (χ3v) is 4.73. The van der Waals surface area contributed by atoms with Crippen LogP contribution in [0.4, 0.5) is 0 Å². The number of amides is 2. The van der Waals surface area contributed by atoms with Crippen molar-refractivity contribution < 1.29 is 19.2 Å². The summed E-state index contributed by atoms with van der Waals surface area (Å²) in [7, 11) is 0. The zero-order chi connectivity index (χ0) is 17.4. The molecule has 6 nitrogen and oxygen atoms in total. The van der Waals surface area contributed by atoms with Crippen molar-refractivity contribution in [1.82, 2.24) is 10.6 Å². The highest BCUT2D eigenvalue weighted by Gasteiger charge is 2.24. The minimum Gasteiger partial charge on any atom is -0.372 e. The number of carbonyl (C=O) groups is 2. The Morgan fingerprint density at radius 2 is 2.25 bits per heavy atom. The molecule has 1 fully saturated rings. The standard InChI is InChI=1S/C17H27N3O3S/c1-13(2)19-16(21)9-18-17(22)12-20(10-14-5-3-7-23-14)11-15-6-4-8-24-15/h4,6,8,13-14H,3,5,7,9-12H2,1-2H3,(H,18,22)(H,19,21)/p+1/t14-/m1/s1. The van der Waals surface area contributed by atoms with Gasteiger partial charge in [0.25, 0.3) is 5.91 Å². The Hall–Kier alpha value is -1.44. The Labute approximate surface area is 147 Å². The van der Waals surface area contributed by atoms with Gasteiger partial charge in [0.1, 0.15) is 19.2 Å². The number of hydrogen-bond donors (Lipinski definition) is 3. The molecule has 24 heavy (non-hydrogen) atoms. The van der Waals surface area contributed by atoms with Gasteiger partial charge in [-0.1, -0.05) is 6.07 Å². The second-order valence-electron chi connectivity index (χ2n) is 6.52. The van der Waals surface area contributed by atoms with E-state index in [0.717, 1.165) is 32.5 Å². The lowest BCUT2D eigenvalue weighted by Gasteiger charge is -2.21. The molecule has 134 valence electrons. The van der Waals surface area contributed by atoms with Gasteiger partial charge in [0, 0.05) is 12.6 Å². The van der Waals surface area contributed by atoms with E-state index in [-0.39, 0.29) is 30.5 Å². The highest BCUT2D eigenvalue weighted by molar-refractivity contribution is 7.09. The number of hydrogen-bond acceptors (Lipinski definition) is 4. The number of rotatable bonds is 9. The first-order valence-electron chi connectivity index (χ1n) is 8.56. The Morgan fingerprint density at radius 3 is 2.88 bits per heavy atom. The SMILES string of the molecule is CC(C)NC(=O)CNC(=O)C[NH+](Cc1cccs1)C[C@H]1CCCO1. The van der Waals surface area contributed by atoms with Crippen molar-refractivity contribution in [2.75, 3.05) is 26.2 Å². The summed E-state index contributed by atoms with van der Waals surface area (Å²) in [6.07, 6.45) is 2.39. The molecule has 2 atom stereocenters. The molecule has 0 spiro atoms. The molecule has 0 aliphatic carbocycles. The third-order valence-electron chi connectivity index (χ3n) is 3.85. The van der Waals surface area contributed by atoms with E-state index in [4.69, 9.17) is 4.74 Å². The minimum atomic E-state index is -0.155. The van der Waals surface area contributed by atoms with E-state index in [1.165, 1.54) is 9.78 Å². The van der Waals surface area contributed by atoms with Crippen molar-refractivity contribution in [3.8, 4) is 0 Å². The van der Waals surface area contributed by atoms with Crippen molar-refractivity contribution in [3.63, 3.8) is 0 Å². The molecule has 1 aromatic heterocycles. The van der Waals surface area contributed by atoms with Crippen LogP contribution in [0.15, 0.2) is 17.5 Å². The number of carbonyl (C=O) groups excluding carboxylic acids is 2. The van der Waals surface area contributed by atoms with Crippen LogP contribution in [-0.2, 0) is 20.9 Å². The average molecular weight is 354 g/mol. The van der Waals surface area contributed by atoms with E-state index in [0.29, 0.717) is 6.54 Å². The third kappa shape index (κ3) is 6.98. The van der Waals surface area contributed by atoms with Crippen molar-refractivity contribution in [1.29, 1.82) is 0 Å². The summed E-state index contributed by atoms with van der Waals surface area (Å²) in [6, 6.07) is 4.20. The maximum Gasteiger partial charge on any atom is 0.275 e. The number of nitrogens with one attached hydrogen (secondary N) is 3. The fraction of sp³-hybridized carbons (Fsp3) is 0.647. The molecule has 2 rings (SSSR count). The Morgan fingerprint density at radius 1 is 1.42 bits per heavy atom. The summed E-state index contributed by atoms with van der Waals surface area (Å²) in [4.78, 5) is 26.3. The molecule has 1 unspecified atom stereocenters. The van der Waals surface area contributed by atoms with E-state index in [1.54, 1.807) is 11.3 Å². The number of thiophene rings is 1. The van der Waals surface area contributed by atoms with E-state index >= 15 is 0 Å². The molecule has 0 radical (unpaired) electrons. The van der Waals surface area contributed by atoms with Crippen molar-refractivity contribution >= 4 is 23.2 Å². The molecule has 0 aromatic carbocycles. The molecule has 0 saturated carbocycles. The molecule has 3 N–H and O–H groups in total. The lowest BCUT2D eigenvalue weighted by atomic mass is 10.2. The molecule has 2 heterocycles. The summed E-state index contributed by atoms with van der Waals surface area (Å²) in [5.74, 6) is -0.254. The first kappa shape index (κ1) is 18.9. The quantitative estimate of drug-likeness (QED) is 0.582. The Kier molecular flexibility index (Phi) is 7.68. The molecular weight excluding hydrogens is 326 g/mol. The van der Waals surface area contributed by atoms with Crippen LogP contribution < -0.4 is 15.5 Å². The topological polar surface area (TPSA) is 71.9 Å². The first-order chi connectivity index (χ1) is 11.5. The minimum absolute atomic E-state index is 0.0310. The van der Waals surface area contributed by atoms with Gasteiger partial charge in [0.15, 0.2) is 6.54 Å². The normalized spacial score (nSPS) is 18.5. The summed E-state index contributed by atoms with van der Waals surface area (Å²) >= 11 is 1.70. The molecule has 1 aliphatic rings. The van der Waals surface area contributed by atoms with Gasteiger partial charge in [-0.15, -0.1) is 11.3 Å². The van der Waals surface area contributed by atoms with Gasteiger partial charge in [-0.2, -0.15) is 0 Å². The molecular formula is C17H28N3O3S+. The van der Waals surface area contributed by atoms with Crippen LogP contribution in [0, 0.1) is 0 Å². The van der Waals surface area contributed by atoms with Gasteiger partial charge in [-0.25, -0.2) is 0 Å². The largest absolute Gasteiger partial charge is 0.372 e. The molecule has 0 bridgehead atoms. The van der Waals surface area contributed by atoms with Crippen LogP contribution in [0.25, 0.3) is 0 Å². The molecule has 2 amide bonds. The van der Waals surface area contributed by atoms with Crippen LogP contribution >= 0.6 is 11.3 Å². The van der Waals surface area contributed by atoms with Gasteiger partial charge < -0.3 is 20.3 Å². The smallest absolute Gasteiger partial charge is 0.275 e. The molecule has 7 heteroatoms. The van der Waals surface area contributed by atoms with Crippen LogP contribution in [0.2, 0.25) is 0 Å². The molecule has 1 aromatic rings. The maximum atomic E-state index is 12.2. The van der Waals surface area contributed by atoms with E-state index in [1.807, 2.05) is 19.9 Å². The highest BCUT2D eigenvalue weighted by atomic mass is 32.1. The number of ether oxygens (including phenoxy) is 1. The highest BCUT2D eigenvalue weighted by Crippen LogP contribution is 2.10. The molecule has 1 saturated heterocycles. The van der Waals surface area contributed by atoms with E-state index in [2.05, 4.69) is 22.1 Å². The van der Waals surface area contributed by atoms with Gasteiger partial charge in [0.2, 0.25) is 5.91 Å². The Balaban J connectivity index is 1.81. The summed E-state index contributed by atoms with van der Waals surface area (Å²) in [5, 5.41) is 7.53. The summed E-state index contributed by atoms with van der Waals surface area (Å²) in [6.45, 7) is 6.63. The lowest BCUT2D eigenvalue weighted by molar-refractivity contribution is -0.908. The van der Waals surface area contributed by atoms with Crippen LogP contribution in [0.1, 0.15) is 31.6 Å². The second-order valence-corrected chi connectivity index (χ2v) is 7.55. The number of quaternary nitrogens is 1. The average Bonchev–Trinajstić information content (AvgIpc) is 3.18. The second kappa shape index (κ2) is 9.76. The fourth-order valence-electron chi connectivity index (χ4n) is 2.84. The lowest BCUT2D eigenvalue weighted by Crippen LogP contribution is -3.13. The summed E-state index contributed by atoms with van der Waals surface area (Å²) < 4.78 is 5.71. The Bertz CT molecular complexity index is 513. The zero-order valence-corrected chi connectivity index (χ0v) is 15.3. The van der Waals surface area contributed by atoms with Crippen LogP contribution in [0.3, 0.4) is 0 Å². The van der Waals surface area contributed by atoms with Gasteiger partial charge in [-0.3, -0.25) is 9.59 Å². The van der Waals surface area contributed by atoms with Crippen molar-refractivity contribution in [3.05, 3.63) is 22.4 Å². The van der Waals surface area contributed by atoms with E-state index < -0.39 is 0 Å². The monoisotopic (exact) mass is 354 g/mol. The molecule has 1 aliphatic heterocycles. The van der Waals surface area contributed by atoms with Crippen LogP contribution in [-0.4, -0.2) is 50.2 Å². The van der Waals surface area contributed by atoms with Gasteiger partial charge in [0.05, 0.1) is 11.4 Å². The van der Waals surface area contributed by atoms with Crippen LogP contribution in [0.5, 0.6) is 0 Å².